The molecular formula is C8H15F3O2S. The molecule has 86 valence electrons. The summed E-state index contributed by atoms with van der Waals surface area (Å²) in [6, 6.07) is 0. The summed E-state index contributed by atoms with van der Waals surface area (Å²) < 4.78 is 57.2. The first-order chi connectivity index (χ1) is 6.27. The lowest BCUT2D eigenvalue weighted by Gasteiger charge is -2.06. The van der Waals surface area contributed by atoms with Crippen molar-refractivity contribution in [2.24, 2.45) is 0 Å². The molecule has 0 radical (unpaired) electrons. The normalized spacial score (nSPS) is 13.1. The van der Waals surface area contributed by atoms with Gasteiger partial charge < -0.3 is 0 Å². The van der Waals surface area contributed by atoms with E-state index in [2.05, 4.69) is 0 Å². The van der Waals surface area contributed by atoms with Crippen LogP contribution >= 0.6 is 0 Å². The van der Waals surface area contributed by atoms with Crippen molar-refractivity contribution in [3.63, 3.8) is 0 Å². The van der Waals surface area contributed by atoms with Crippen molar-refractivity contribution in [1.29, 1.82) is 0 Å². The summed E-state index contributed by atoms with van der Waals surface area (Å²) in [7, 11) is -3.51. The summed E-state index contributed by atoms with van der Waals surface area (Å²) in [5, 5.41) is 0. The highest BCUT2D eigenvalue weighted by Crippen LogP contribution is 2.20. The number of sulfone groups is 1. The average molecular weight is 232 g/mol. The summed E-state index contributed by atoms with van der Waals surface area (Å²) in [5.74, 6) is -0.906. The van der Waals surface area contributed by atoms with Crippen LogP contribution in [0.1, 0.15) is 32.6 Å². The molecule has 0 fully saturated rings. The zero-order chi connectivity index (χ0) is 11.2. The van der Waals surface area contributed by atoms with E-state index in [0.717, 1.165) is 12.8 Å². The highest BCUT2D eigenvalue weighted by atomic mass is 32.2. The van der Waals surface area contributed by atoms with Crippen LogP contribution in [0.2, 0.25) is 0 Å². The lowest BCUT2D eigenvalue weighted by atomic mass is 10.3. The van der Waals surface area contributed by atoms with Gasteiger partial charge >= 0.3 is 6.18 Å². The smallest absolute Gasteiger partial charge is 0.229 e. The molecular weight excluding hydrogens is 217 g/mol. The topological polar surface area (TPSA) is 34.1 Å². The molecule has 0 aliphatic heterocycles. The first-order valence-electron chi connectivity index (χ1n) is 4.54. The monoisotopic (exact) mass is 232 g/mol. The molecule has 0 aromatic heterocycles. The van der Waals surface area contributed by atoms with Crippen molar-refractivity contribution in [2.75, 3.05) is 11.5 Å². The first-order valence-corrected chi connectivity index (χ1v) is 6.36. The predicted octanol–water partition coefficient (Wildman–Crippen LogP) is 2.54. The number of rotatable bonds is 6. The van der Waals surface area contributed by atoms with Gasteiger partial charge in [-0.3, -0.25) is 0 Å². The third kappa shape index (κ3) is 8.34. The molecule has 0 amide bonds. The largest absolute Gasteiger partial charge is 0.390 e. The van der Waals surface area contributed by atoms with Gasteiger partial charge in [-0.05, 0) is 6.42 Å². The fourth-order valence-electron chi connectivity index (χ4n) is 0.945. The van der Waals surface area contributed by atoms with E-state index in [-0.39, 0.29) is 5.75 Å². The Labute approximate surface area is 82.4 Å². The van der Waals surface area contributed by atoms with Crippen molar-refractivity contribution < 1.29 is 21.6 Å². The zero-order valence-electron chi connectivity index (χ0n) is 8.10. The standard InChI is InChI=1S/C8H15F3O2S/c1-2-3-4-6-14(12,13)7-5-8(9,10)11/h2-7H2,1H3. The first kappa shape index (κ1) is 13.7. The minimum absolute atomic E-state index is 0.128. The molecule has 0 unspecified atom stereocenters. The Balaban J connectivity index is 3.85. The molecule has 0 spiro atoms. The van der Waals surface area contributed by atoms with E-state index in [1.807, 2.05) is 6.92 Å². The maximum absolute atomic E-state index is 11.7. The molecule has 0 aromatic rings. The Morgan fingerprint density at radius 2 is 1.64 bits per heavy atom. The second-order valence-corrected chi connectivity index (χ2v) is 5.53. The third-order valence-corrected chi connectivity index (χ3v) is 3.49. The van der Waals surface area contributed by atoms with Gasteiger partial charge in [-0.15, -0.1) is 0 Å². The van der Waals surface area contributed by atoms with Crippen molar-refractivity contribution >= 4 is 9.84 Å². The van der Waals surface area contributed by atoms with Crippen LogP contribution in [-0.2, 0) is 9.84 Å². The minimum Gasteiger partial charge on any atom is -0.229 e. The second kappa shape index (κ2) is 5.58. The molecule has 0 aliphatic rings. The number of hydrogen-bond acceptors (Lipinski definition) is 2. The van der Waals surface area contributed by atoms with Crippen LogP contribution < -0.4 is 0 Å². The summed E-state index contributed by atoms with van der Waals surface area (Å²) in [5.41, 5.74) is 0. The molecule has 0 aromatic carbocycles. The van der Waals surface area contributed by atoms with Gasteiger partial charge in [-0.2, -0.15) is 13.2 Å². The maximum atomic E-state index is 11.7. The Hall–Kier alpha value is -0.260. The van der Waals surface area contributed by atoms with Crippen molar-refractivity contribution in [1.82, 2.24) is 0 Å². The van der Waals surface area contributed by atoms with Gasteiger partial charge in [0.15, 0.2) is 9.84 Å². The van der Waals surface area contributed by atoms with Crippen molar-refractivity contribution in [3.05, 3.63) is 0 Å². The highest BCUT2D eigenvalue weighted by Gasteiger charge is 2.29. The van der Waals surface area contributed by atoms with Gasteiger partial charge in [0.1, 0.15) is 0 Å². The van der Waals surface area contributed by atoms with E-state index in [1.165, 1.54) is 0 Å². The van der Waals surface area contributed by atoms with Crippen LogP contribution in [0.5, 0.6) is 0 Å². The molecule has 0 saturated heterocycles. The van der Waals surface area contributed by atoms with E-state index in [1.54, 1.807) is 0 Å². The number of alkyl halides is 3. The van der Waals surface area contributed by atoms with Crippen LogP contribution in [0.3, 0.4) is 0 Å². The predicted molar refractivity (Wildman–Crippen MR) is 48.9 cm³/mol. The van der Waals surface area contributed by atoms with Gasteiger partial charge in [0.25, 0.3) is 0 Å². The quantitative estimate of drug-likeness (QED) is 0.659. The molecule has 0 bridgehead atoms. The summed E-state index contributed by atoms with van der Waals surface area (Å²) in [4.78, 5) is 0. The van der Waals surface area contributed by atoms with Gasteiger partial charge in [0, 0.05) is 0 Å². The van der Waals surface area contributed by atoms with Crippen LogP contribution in [0.4, 0.5) is 13.2 Å². The SMILES string of the molecule is CCCCCS(=O)(=O)CCC(F)(F)F. The molecule has 0 saturated carbocycles. The molecule has 0 aliphatic carbocycles. The summed E-state index contributed by atoms with van der Waals surface area (Å²) in [6.45, 7) is 1.91. The molecule has 0 atom stereocenters. The highest BCUT2D eigenvalue weighted by molar-refractivity contribution is 7.91. The Kier molecular flexibility index (Phi) is 5.48. The fraction of sp³-hybridized carbons (Fsp3) is 1.00. The van der Waals surface area contributed by atoms with Crippen molar-refractivity contribution in [2.45, 2.75) is 38.8 Å². The fourth-order valence-corrected chi connectivity index (χ4v) is 2.34. The van der Waals surface area contributed by atoms with Gasteiger partial charge in [0.05, 0.1) is 17.9 Å². The third-order valence-electron chi connectivity index (χ3n) is 1.76. The van der Waals surface area contributed by atoms with Crippen LogP contribution in [0.15, 0.2) is 0 Å². The van der Waals surface area contributed by atoms with E-state index in [9.17, 15) is 21.6 Å². The Morgan fingerprint density at radius 1 is 1.07 bits per heavy atom. The molecule has 2 nitrogen and oxygen atoms in total. The zero-order valence-corrected chi connectivity index (χ0v) is 8.92. The van der Waals surface area contributed by atoms with Crippen LogP contribution in [0.25, 0.3) is 0 Å². The van der Waals surface area contributed by atoms with Gasteiger partial charge in [-0.25, -0.2) is 8.42 Å². The Bertz CT molecular complexity index is 244. The Morgan fingerprint density at radius 3 is 2.07 bits per heavy atom. The van der Waals surface area contributed by atoms with Gasteiger partial charge in [0.2, 0.25) is 0 Å². The molecule has 0 heterocycles. The molecule has 14 heavy (non-hydrogen) atoms. The second-order valence-electron chi connectivity index (χ2n) is 3.22. The minimum atomic E-state index is -4.38. The van der Waals surface area contributed by atoms with Crippen LogP contribution in [-0.4, -0.2) is 26.1 Å². The average Bonchev–Trinajstić information content (AvgIpc) is 2.00. The van der Waals surface area contributed by atoms with E-state index < -0.39 is 28.2 Å². The van der Waals surface area contributed by atoms with Crippen LogP contribution in [0, 0.1) is 0 Å². The van der Waals surface area contributed by atoms with E-state index in [0.29, 0.717) is 6.42 Å². The van der Waals surface area contributed by atoms with E-state index >= 15 is 0 Å². The summed E-state index contributed by atoms with van der Waals surface area (Å²) in [6.07, 6.45) is -3.56. The van der Waals surface area contributed by atoms with Gasteiger partial charge in [-0.1, -0.05) is 19.8 Å². The molecule has 0 N–H and O–H groups in total. The lowest BCUT2D eigenvalue weighted by Crippen LogP contribution is -2.18. The van der Waals surface area contributed by atoms with Crippen molar-refractivity contribution in [3.8, 4) is 0 Å². The number of halogens is 3. The molecule has 0 rings (SSSR count). The summed E-state index contributed by atoms with van der Waals surface area (Å²) >= 11 is 0. The number of hydrogen-bond donors (Lipinski definition) is 0. The van der Waals surface area contributed by atoms with E-state index in [4.69, 9.17) is 0 Å². The number of unbranched alkanes of at least 4 members (excludes halogenated alkanes) is 2. The lowest BCUT2D eigenvalue weighted by molar-refractivity contribution is -0.129. The molecule has 6 heteroatoms. The maximum Gasteiger partial charge on any atom is 0.390 e.